The first-order chi connectivity index (χ1) is 10.7. The molecule has 0 fully saturated rings. The van der Waals surface area contributed by atoms with E-state index in [0.717, 1.165) is 12.1 Å². The van der Waals surface area contributed by atoms with E-state index < -0.39 is 26.6 Å². The molecule has 0 aliphatic rings. The lowest BCUT2D eigenvalue weighted by atomic mass is 10.1. The minimum absolute atomic E-state index is 0.0503. The second kappa shape index (κ2) is 7.99. The van der Waals surface area contributed by atoms with Crippen molar-refractivity contribution >= 4 is 21.7 Å². The van der Waals surface area contributed by atoms with Gasteiger partial charge in [0, 0.05) is 18.2 Å². The normalized spacial score (nSPS) is 11.3. The molecule has 0 unspecified atom stereocenters. The van der Waals surface area contributed by atoms with E-state index in [2.05, 4.69) is 4.72 Å². The summed E-state index contributed by atoms with van der Waals surface area (Å²) in [5, 5.41) is 11.1. The molecule has 0 atom stereocenters. The van der Waals surface area contributed by atoms with Crippen molar-refractivity contribution in [2.75, 3.05) is 19.7 Å². The zero-order valence-electron chi connectivity index (χ0n) is 12.9. The number of benzene rings is 1. The van der Waals surface area contributed by atoms with Crippen LogP contribution in [0, 0.1) is 17.0 Å². The van der Waals surface area contributed by atoms with Gasteiger partial charge in [-0.1, -0.05) is 0 Å². The van der Waals surface area contributed by atoms with Gasteiger partial charge in [-0.2, -0.15) is 0 Å². The van der Waals surface area contributed by atoms with Gasteiger partial charge in [0.1, 0.15) is 0 Å². The molecule has 0 radical (unpaired) electrons. The molecule has 23 heavy (non-hydrogen) atoms. The van der Waals surface area contributed by atoms with Crippen molar-refractivity contribution in [3.8, 4) is 0 Å². The number of nitro benzene ring substituents is 1. The summed E-state index contributed by atoms with van der Waals surface area (Å²) in [7, 11) is -3.99. The highest BCUT2D eigenvalue weighted by Gasteiger charge is 2.26. The van der Waals surface area contributed by atoms with Gasteiger partial charge in [-0.3, -0.25) is 10.1 Å². The monoisotopic (exact) mass is 345 g/mol. The average Bonchev–Trinajstić information content (AvgIpc) is 2.47. The van der Waals surface area contributed by atoms with Crippen molar-refractivity contribution in [1.29, 1.82) is 0 Å². The third-order valence-corrected chi connectivity index (χ3v) is 4.47. The summed E-state index contributed by atoms with van der Waals surface area (Å²) >= 11 is 0. The maximum Gasteiger partial charge on any atom is 0.338 e. The summed E-state index contributed by atoms with van der Waals surface area (Å²) in [5.41, 5.74) is 4.73. The molecule has 0 aliphatic carbocycles. The standard InChI is InChI=1S/C13H19N3O6S/c1-3-22-13(17)11-7-10(8-12(9(11)2)16(18)19)23(20,21)15-6-4-5-14/h7-8,15H,3-6,14H2,1-2H3. The highest BCUT2D eigenvalue weighted by molar-refractivity contribution is 7.89. The topological polar surface area (TPSA) is 142 Å². The first-order valence-electron chi connectivity index (χ1n) is 6.90. The van der Waals surface area contributed by atoms with E-state index in [-0.39, 0.29) is 29.2 Å². The molecule has 1 rings (SSSR count). The van der Waals surface area contributed by atoms with Crippen molar-refractivity contribution in [3.63, 3.8) is 0 Å². The zero-order valence-corrected chi connectivity index (χ0v) is 13.7. The summed E-state index contributed by atoms with van der Waals surface area (Å²) in [4.78, 5) is 21.9. The van der Waals surface area contributed by atoms with Crippen molar-refractivity contribution in [3.05, 3.63) is 33.4 Å². The molecule has 9 nitrogen and oxygen atoms in total. The van der Waals surface area contributed by atoms with Crippen LogP contribution in [0.2, 0.25) is 0 Å². The maximum atomic E-state index is 12.2. The van der Waals surface area contributed by atoms with E-state index in [9.17, 15) is 23.3 Å². The van der Waals surface area contributed by atoms with Crippen molar-refractivity contribution in [2.24, 2.45) is 5.73 Å². The molecule has 0 heterocycles. The minimum Gasteiger partial charge on any atom is -0.462 e. The van der Waals surface area contributed by atoms with E-state index in [1.165, 1.54) is 6.92 Å². The predicted octanol–water partition coefficient (Wildman–Crippen LogP) is 0.707. The number of carbonyl (C=O) groups excluding carboxylic acids is 1. The van der Waals surface area contributed by atoms with Gasteiger partial charge in [0.15, 0.2) is 0 Å². The first-order valence-corrected chi connectivity index (χ1v) is 8.38. The smallest absolute Gasteiger partial charge is 0.338 e. The molecule has 10 heteroatoms. The second-order valence-electron chi connectivity index (χ2n) is 4.63. The number of nitrogens with two attached hydrogens (primary N) is 1. The molecule has 0 saturated heterocycles. The number of ether oxygens (including phenoxy) is 1. The van der Waals surface area contributed by atoms with E-state index in [1.807, 2.05) is 0 Å². The van der Waals surface area contributed by atoms with Gasteiger partial charge >= 0.3 is 5.97 Å². The summed E-state index contributed by atoms with van der Waals surface area (Å²) in [5.74, 6) is -0.813. The highest BCUT2D eigenvalue weighted by atomic mass is 32.2. The molecule has 0 saturated carbocycles. The van der Waals surface area contributed by atoms with Gasteiger partial charge in [0.05, 0.1) is 22.0 Å². The van der Waals surface area contributed by atoms with E-state index in [0.29, 0.717) is 13.0 Å². The molecule has 0 aromatic heterocycles. The summed E-state index contributed by atoms with van der Waals surface area (Å²) < 4.78 is 31.5. The van der Waals surface area contributed by atoms with Crippen LogP contribution in [0.5, 0.6) is 0 Å². The van der Waals surface area contributed by atoms with Gasteiger partial charge in [-0.05, 0) is 32.9 Å². The molecule has 3 N–H and O–H groups in total. The first kappa shape index (κ1) is 19.0. The number of hydrogen-bond donors (Lipinski definition) is 2. The summed E-state index contributed by atoms with van der Waals surface area (Å²) in [6.45, 7) is 3.40. The van der Waals surface area contributed by atoms with Gasteiger partial charge in [0.2, 0.25) is 10.0 Å². The van der Waals surface area contributed by atoms with E-state index in [1.54, 1.807) is 6.92 Å². The molecular weight excluding hydrogens is 326 g/mol. The number of sulfonamides is 1. The summed E-state index contributed by atoms with van der Waals surface area (Å²) in [6, 6.07) is 1.99. The van der Waals surface area contributed by atoms with Crippen molar-refractivity contribution in [1.82, 2.24) is 4.72 Å². The molecule has 1 aromatic rings. The lowest BCUT2D eigenvalue weighted by molar-refractivity contribution is -0.385. The van der Waals surface area contributed by atoms with Crippen LogP contribution in [0.25, 0.3) is 0 Å². The molecule has 0 spiro atoms. The number of esters is 1. The molecule has 0 amide bonds. The molecule has 0 bridgehead atoms. The largest absolute Gasteiger partial charge is 0.462 e. The number of hydrogen-bond acceptors (Lipinski definition) is 7. The lowest BCUT2D eigenvalue weighted by Gasteiger charge is -2.10. The number of nitrogens with one attached hydrogen (secondary N) is 1. The number of rotatable bonds is 8. The van der Waals surface area contributed by atoms with Crippen LogP contribution >= 0.6 is 0 Å². The predicted molar refractivity (Wildman–Crippen MR) is 82.6 cm³/mol. The number of carbonyl (C=O) groups is 1. The van der Waals surface area contributed by atoms with E-state index in [4.69, 9.17) is 10.5 Å². The SMILES string of the molecule is CCOC(=O)c1cc(S(=O)(=O)NCCCN)cc([N+](=O)[O-])c1C. The Morgan fingerprint density at radius 3 is 2.61 bits per heavy atom. The highest BCUT2D eigenvalue weighted by Crippen LogP contribution is 2.27. The van der Waals surface area contributed by atoms with Gasteiger partial charge in [-0.15, -0.1) is 0 Å². The quantitative estimate of drug-likeness (QED) is 0.306. The van der Waals surface area contributed by atoms with Crippen LogP contribution in [-0.4, -0.2) is 39.0 Å². The van der Waals surface area contributed by atoms with Crippen LogP contribution in [0.4, 0.5) is 5.69 Å². The maximum absolute atomic E-state index is 12.2. The van der Waals surface area contributed by atoms with Crippen LogP contribution in [0.3, 0.4) is 0 Å². The Labute approximate surface area is 134 Å². The number of nitrogens with zero attached hydrogens (tertiary/aromatic N) is 1. The van der Waals surface area contributed by atoms with Gasteiger partial charge in [0.25, 0.3) is 5.69 Å². The minimum atomic E-state index is -3.99. The summed E-state index contributed by atoms with van der Waals surface area (Å²) in [6.07, 6.45) is 0.415. The van der Waals surface area contributed by atoms with Crippen molar-refractivity contribution in [2.45, 2.75) is 25.2 Å². The molecule has 128 valence electrons. The third kappa shape index (κ3) is 4.71. The van der Waals surface area contributed by atoms with Gasteiger partial charge in [-0.25, -0.2) is 17.9 Å². The molecular formula is C13H19N3O6S. The average molecular weight is 345 g/mol. The van der Waals surface area contributed by atoms with Gasteiger partial charge < -0.3 is 10.5 Å². The van der Waals surface area contributed by atoms with E-state index >= 15 is 0 Å². The van der Waals surface area contributed by atoms with Crippen LogP contribution in [0.15, 0.2) is 17.0 Å². The van der Waals surface area contributed by atoms with Crippen molar-refractivity contribution < 1.29 is 22.9 Å². The Kier molecular flexibility index (Phi) is 6.61. The zero-order chi connectivity index (χ0) is 17.6. The Morgan fingerprint density at radius 1 is 1.43 bits per heavy atom. The Hall–Kier alpha value is -2.04. The lowest BCUT2D eigenvalue weighted by Crippen LogP contribution is -2.26. The fraction of sp³-hybridized carbons (Fsp3) is 0.462. The third-order valence-electron chi connectivity index (χ3n) is 3.03. The fourth-order valence-corrected chi connectivity index (χ4v) is 2.95. The Morgan fingerprint density at radius 2 is 2.09 bits per heavy atom. The van der Waals surface area contributed by atoms with Crippen LogP contribution in [0.1, 0.15) is 29.3 Å². The van der Waals surface area contributed by atoms with Crippen LogP contribution in [-0.2, 0) is 14.8 Å². The van der Waals surface area contributed by atoms with Crippen LogP contribution < -0.4 is 10.5 Å². The Balaban J connectivity index is 3.38. The Bertz CT molecular complexity index is 702. The fourth-order valence-electron chi connectivity index (χ4n) is 1.83. The second-order valence-corrected chi connectivity index (χ2v) is 6.40. The molecule has 1 aromatic carbocycles. The molecule has 0 aliphatic heterocycles. The number of nitro groups is 1.